The third kappa shape index (κ3) is 3.48. The maximum absolute atomic E-state index is 10.2. The number of para-hydroxylation sites is 2. The van der Waals surface area contributed by atoms with Crippen LogP contribution in [0.3, 0.4) is 0 Å². The molecular weight excluding hydrogens is 336 g/mol. The molecule has 134 valence electrons. The SMILES string of the molecule is OCC(Nc1cc(-c2ccccc2O)nc2ccccc12)c1ccccc1. The molecule has 0 spiro atoms. The summed E-state index contributed by atoms with van der Waals surface area (Å²) >= 11 is 0. The van der Waals surface area contributed by atoms with Crippen molar-refractivity contribution in [2.45, 2.75) is 6.04 Å². The number of phenolic OH excluding ortho intramolecular Hbond substituents is 1. The molecule has 1 aromatic heterocycles. The molecule has 0 amide bonds. The van der Waals surface area contributed by atoms with Crippen LogP contribution in [0.25, 0.3) is 22.2 Å². The molecule has 0 aliphatic heterocycles. The molecule has 0 aliphatic rings. The molecule has 1 heterocycles. The Bertz CT molecular complexity index is 1060. The van der Waals surface area contributed by atoms with Gasteiger partial charge in [-0.1, -0.05) is 60.7 Å². The van der Waals surface area contributed by atoms with E-state index in [0.717, 1.165) is 22.2 Å². The van der Waals surface area contributed by atoms with Gasteiger partial charge in [-0.3, -0.25) is 0 Å². The third-order valence-corrected chi connectivity index (χ3v) is 4.61. The summed E-state index contributed by atoms with van der Waals surface area (Å²) in [4.78, 5) is 4.71. The van der Waals surface area contributed by atoms with Crippen LogP contribution in [0.2, 0.25) is 0 Å². The fraction of sp³-hybridized carbons (Fsp3) is 0.0870. The topological polar surface area (TPSA) is 65.4 Å². The molecule has 0 saturated heterocycles. The highest BCUT2D eigenvalue weighted by molar-refractivity contribution is 5.94. The number of aromatic hydroxyl groups is 1. The predicted octanol–water partition coefficient (Wildman–Crippen LogP) is 4.75. The summed E-state index contributed by atoms with van der Waals surface area (Å²) in [6.45, 7) is -0.0351. The molecule has 0 aliphatic carbocycles. The molecule has 1 unspecified atom stereocenters. The largest absolute Gasteiger partial charge is 0.507 e. The number of fused-ring (bicyclic) bond motifs is 1. The minimum atomic E-state index is -0.241. The second-order valence-electron chi connectivity index (χ2n) is 6.38. The van der Waals surface area contributed by atoms with Crippen molar-refractivity contribution in [2.24, 2.45) is 0 Å². The van der Waals surface area contributed by atoms with Gasteiger partial charge in [-0.05, 0) is 29.8 Å². The molecule has 4 aromatic rings. The Balaban J connectivity index is 1.83. The zero-order chi connectivity index (χ0) is 18.6. The van der Waals surface area contributed by atoms with Crippen molar-refractivity contribution >= 4 is 16.6 Å². The quantitative estimate of drug-likeness (QED) is 0.483. The van der Waals surface area contributed by atoms with Crippen molar-refractivity contribution in [1.29, 1.82) is 0 Å². The second-order valence-corrected chi connectivity index (χ2v) is 6.38. The number of phenols is 1. The molecule has 4 nitrogen and oxygen atoms in total. The zero-order valence-electron chi connectivity index (χ0n) is 14.7. The fourth-order valence-corrected chi connectivity index (χ4v) is 3.23. The summed E-state index contributed by atoms with van der Waals surface area (Å²) in [7, 11) is 0. The highest BCUT2D eigenvalue weighted by atomic mass is 16.3. The zero-order valence-corrected chi connectivity index (χ0v) is 14.7. The van der Waals surface area contributed by atoms with Gasteiger partial charge in [0.1, 0.15) is 5.75 Å². The number of hydrogen-bond donors (Lipinski definition) is 3. The molecule has 4 heteroatoms. The number of nitrogens with one attached hydrogen (secondary N) is 1. The summed E-state index contributed by atoms with van der Waals surface area (Å²) in [6, 6.07) is 26.5. The maximum atomic E-state index is 10.2. The Labute approximate surface area is 157 Å². The highest BCUT2D eigenvalue weighted by Crippen LogP contribution is 2.34. The number of rotatable bonds is 5. The lowest BCUT2D eigenvalue weighted by Gasteiger charge is -2.20. The summed E-state index contributed by atoms with van der Waals surface area (Å²) in [5.41, 5.74) is 4.04. The number of hydrogen-bond acceptors (Lipinski definition) is 4. The first-order chi connectivity index (χ1) is 13.3. The molecule has 27 heavy (non-hydrogen) atoms. The van der Waals surface area contributed by atoms with Crippen molar-refractivity contribution in [1.82, 2.24) is 4.98 Å². The van der Waals surface area contributed by atoms with E-state index in [4.69, 9.17) is 4.98 Å². The molecular formula is C23H20N2O2. The van der Waals surface area contributed by atoms with Crippen molar-refractivity contribution in [3.8, 4) is 17.0 Å². The van der Waals surface area contributed by atoms with Crippen molar-refractivity contribution in [3.63, 3.8) is 0 Å². The first-order valence-corrected chi connectivity index (χ1v) is 8.87. The van der Waals surface area contributed by atoms with E-state index in [1.54, 1.807) is 12.1 Å². The first-order valence-electron chi connectivity index (χ1n) is 8.87. The minimum absolute atomic E-state index is 0.0351. The number of pyridine rings is 1. The van der Waals surface area contributed by atoms with Crippen LogP contribution in [0.1, 0.15) is 11.6 Å². The average Bonchev–Trinajstić information content (AvgIpc) is 2.72. The average molecular weight is 356 g/mol. The van der Waals surface area contributed by atoms with Gasteiger partial charge in [0.25, 0.3) is 0 Å². The molecule has 3 aromatic carbocycles. The number of aliphatic hydroxyl groups is 1. The molecule has 0 bridgehead atoms. The number of benzene rings is 3. The summed E-state index contributed by atoms with van der Waals surface area (Å²) in [5.74, 6) is 0.188. The first kappa shape index (κ1) is 17.1. The molecule has 3 N–H and O–H groups in total. The van der Waals surface area contributed by atoms with E-state index in [1.807, 2.05) is 72.8 Å². The molecule has 0 radical (unpaired) electrons. The van der Waals surface area contributed by atoms with E-state index in [9.17, 15) is 10.2 Å². The van der Waals surface area contributed by atoms with Crippen LogP contribution >= 0.6 is 0 Å². The Morgan fingerprint density at radius 1 is 0.852 bits per heavy atom. The molecule has 0 saturated carbocycles. The normalized spacial score (nSPS) is 12.0. The number of aromatic nitrogens is 1. The molecule has 4 rings (SSSR count). The van der Waals surface area contributed by atoms with E-state index in [2.05, 4.69) is 5.32 Å². The van der Waals surface area contributed by atoms with Crippen LogP contribution < -0.4 is 5.32 Å². The third-order valence-electron chi connectivity index (χ3n) is 4.61. The van der Waals surface area contributed by atoms with Crippen molar-refractivity contribution in [2.75, 3.05) is 11.9 Å². The number of anilines is 1. The van der Waals surface area contributed by atoms with Crippen LogP contribution in [0.4, 0.5) is 5.69 Å². The lowest BCUT2D eigenvalue weighted by Crippen LogP contribution is -2.15. The Kier molecular flexibility index (Phi) is 4.73. The maximum Gasteiger partial charge on any atom is 0.124 e. The lowest BCUT2D eigenvalue weighted by molar-refractivity contribution is 0.276. The van der Waals surface area contributed by atoms with E-state index in [-0.39, 0.29) is 18.4 Å². The van der Waals surface area contributed by atoms with E-state index < -0.39 is 0 Å². The van der Waals surface area contributed by atoms with Gasteiger partial charge in [-0.2, -0.15) is 0 Å². The van der Waals surface area contributed by atoms with Gasteiger partial charge in [0.05, 0.1) is 23.9 Å². The second kappa shape index (κ2) is 7.48. The van der Waals surface area contributed by atoms with Gasteiger partial charge < -0.3 is 15.5 Å². The fourth-order valence-electron chi connectivity index (χ4n) is 3.23. The number of aliphatic hydroxyl groups excluding tert-OH is 1. The van der Waals surface area contributed by atoms with Gasteiger partial charge in [0, 0.05) is 16.6 Å². The van der Waals surface area contributed by atoms with Gasteiger partial charge in [-0.15, -0.1) is 0 Å². The van der Waals surface area contributed by atoms with Crippen LogP contribution in [-0.4, -0.2) is 21.8 Å². The number of nitrogens with zero attached hydrogens (tertiary/aromatic N) is 1. The Morgan fingerprint density at radius 3 is 2.33 bits per heavy atom. The molecule has 0 fully saturated rings. The van der Waals surface area contributed by atoms with E-state index in [1.165, 1.54) is 0 Å². The van der Waals surface area contributed by atoms with Crippen molar-refractivity contribution < 1.29 is 10.2 Å². The van der Waals surface area contributed by atoms with Gasteiger partial charge in [-0.25, -0.2) is 4.98 Å². The smallest absolute Gasteiger partial charge is 0.124 e. The monoisotopic (exact) mass is 356 g/mol. The standard InChI is InChI=1S/C23H20N2O2/c26-15-22(16-8-2-1-3-9-16)25-20-14-21(18-11-5-7-13-23(18)27)24-19-12-6-4-10-17(19)20/h1-14,22,26-27H,15H2,(H,24,25). The summed E-state index contributed by atoms with van der Waals surface area (Å²) in [5, 5.41) is 24.6. The van der Waals surface area contributed by atoms with Crippen molar-refractivity contribution in [3.05, 3.63) is 90.5 Å². The van der Waals surface area contributed by atoms with Gasteiger partial charge in [0.15, 0.2) is 0 Å². The lowest BCUT2D eigenvalue weighted by atomic mass is 10.0. The van der Waals surface area contributed by atoms with Gasteiger partial charge >= 0.3 is 0 Å². The van der Waals surface area contributed by atoms with Crippen LogP contribution in [0.15, 0.2) is 84.9 Å². The Hall–Kier alpha value is -3.37. The van der Waals surface area contributed by atoms with Gasteiger partial charge in [0.2, 0.25) is 0 Å². The van der Waals surface area contributed by atoms with Crippen LogP contribution in [0.5, 0.6) is 5.75 Å². The highest BCUT2D eigenvalue weighted by Gasteiger charge is 2.14. The van der Waals surface area contributed by atoms with E-state index in [0.29, 0.717) is 11.3 Å². The van der Waals surface area contributed by atoms with Crippen LogP contribution in [0, 0.1) is 0 Å². The molecule has 1 atom stereocenters. The predicted molar refractivity (Wildman–Crippen MR) is 109 cm³/mol. The Morgan fingerprint density at radius 2 is 1.56 bits per heavy atom. The minimum Gasteiger partial charge on any atom is -0.507 e. The van der Waals surface area contributed by atoms with E-state index >= 15 is 0 Å². The van der Waals surface area contributed by atoms with Crippen LogP contribution in [-0.2, 0) is 0 Å². The summed E-state index contributed by atoms with van der Waals surface area (Å²) in [6.07, 6.45) is 0. The summed E-state index contributed by atoms with van der Waals surface area (Å²) < 4.78 is 0.